The molecule has 14 nitrogen and oxygen atoms in total. The van der Waals surface area contributed by atoms with Crippen molar-refractivity contribution in [1.29, 1.82) is 0 Å². The monoisotopic (exact) mass is 563 g/mol. The second-order valence-corrected chi connectivity index (χ2v) is 9.83. The molecular formula is C26H41N7O7. The van der Waals surface area contributed by atoms with Crippen LogP contribution in [0.5, 0.6) is 0 Å². The Morgan fingerprint density at radius 3 is 1.98 bits per heavy atom. The number of nitrogens with zero attached hydrogens (tertiary/aromatic N) is 1. The van der Waals surface area contributed by atoms with Gasteiger partial charge in [0.15, 0.2) is 5.96 Å². The summed E-state index contributed by atoms with van der Waals surface area (Å²) in [5.41, 5.74) is 17.2. The first-order valence-corrected chi connectivity index (χ1v) is 13.0. The third-order valence-electron chi connectivity index (χ3n) is 5.82. The Bertz CT molecular complexity index is 1030. The third-order valence-corrected chi connectivity index (χ3v) is 5.82. The molecule has 4 atom stereocenters. The van der Waals surface area contributed by atoms with Crippen molar-refractivity contribution in [2.24, 2.45) is 28.1 Å². The van der Waals surface area contributed by atoms with Crippen LogP contribution in [0.2, 0.25) is 0 Å². The van der Waals surface area contributed by atoms with Gasteiger partial charge in [-0.05, 0) is 37.2 Å². The van der Waals surface area contributed by atoms with Gasteiger partial charge in [-0.25, -0.2) is 4.79 Å². The number of guanidine groups is 1. The number of carbonyl (C=O) groups excluding carboxylic acids is 3. The summed E-state index contributed by atoms with van der Waals surface area (Å²) in [7, 11) is 0. The third kappa shape index (κ3) is 13.6. The molecule has 0 aliphatic rings. The van der Waals surface area contributed by atoms with E-state index >= 15 is 0 Å². The van der Waals surface area contributed by atoms with Crippen LogP contribution < -0.4 is 33.2 Å². The van der Waals surface area contributed by atoms with Crippen molar-refractivity contribution in [2.75, 3.05) is 6.54 Å². The summed E-state index contributed by atoms with van der Waals surface area (Å²) < 4.78 is 0. The van der Waals surface area contributed by atoms with E-state index in [2.05, 4.69) is 20.9 Å². The number of aliphatic imine (C=N–C) groups is 1. The largest absolute Gasteiger partial charge is 0.481 e. The molecule has 0 aliphatic heterocycles. The molecule has 14 heteroatoms. The number of amides is 3. The van der Waals surface area contributed by atoms with Crippen LogP contribution in [0.3, 0.4) is 0 Å². The summed E-state index contributed by atoms with van der Waals surface area (Å²) in [6.07, 6.45) is 0.154. The zero-order valence-electron chi connectivity index (χ0n) is 22.8. The highest BCUT2D eigenvalue weighted by Crippen LogP contribution is 2.09. The predicted octanol–water partition coefficient (Wildman–Crippen LogP) is -0.940. The van der Waals surface area contributed by atoms with Crippen LogP contribution in [-0.4, -0.2) is 76.5 Å². The number of aliphatic carboxylic acids is 2. The van der Waals surface area contributed by atoms with Crippen molar-refractivity contribution in [1.82, 2.24) is 16.0 Å². The normalized spacial score (nSPS) is 13.8. The minimum absolute atomic E-state index is 0.0246. The van der Waals surface area contributed by atoms with Gasteiger partial charge in [-0.2, -0.15) is 0 Å². The van der Waals surface area contributed by atoms with Crippen molar-refractivity contribution < 1.29 is 34.2 Å². The zero-order chi connectivity index (χ0) is 30.2. The molecule has 3 amide bonds. The van der Waals surface area contributed by atoms with Gasteiger partial charge in [0.05, 0.1) is 6.04 Å². The topological polar surface area (TPSA) is 252 Å². The molecule has 0 bridgehead atoms. The molecule has 1 rings (SSSR count). The molecule has 0 fully saturated rings. The summed E-state index contributed by atoms with van der Waals surface area (Å²) in [6, 6.07) is 4.11. The number of benzene rings is 1. The summed E-state index contributed by atoms with van der Waals surface area (Å²) in [4.78, 5) is 65.5. The maximum absolute atomic E-state index is 13.2. The number of hydrogen-bond acceptors (Lipinski definition) is 7. The lowest BCUT2D eigenvalue weighted by atomic mass is 10.0. The van der Waals surface area contributed by atoms with E-state index < -0.39 is 53.8 Å². The van der Waals surface area contributed by atoms with Crippen LogP contribution >= 0.6 is 0 Å². The predicted molar refractivity (Wildman–Crippen MR) is 148 cm³/mol. The lowest BCUT2D eigenvalue weighted by Crippen LogP contribution is -2.57. The van der Waals surface area contributed by atoms with Crippen LogP contribution in [0.15, 0.2) is 35.3 Å². The van der Waals surface area contributed by atoms with E-state index in [0.29, 0.717) is 5.56 Å². The van der Waals surface area contributed by atoms with E-state index in [-0.39, 0.29) is 56.9 Å². The Hall–Kier alpha value is -4.20. The van der Waals surface area contributed by atoms with Crippen LogP contribution in [0.25, 0.3) is 0 Å². The molecular weight excluding hydrogens is 522 g/mol. The number of rotatable bonds is 18. The summed E-state index contributed by atoms with van der Waals surface area (Å²) >= 11 is 0. The number of nitrogens with two attached hydrogens (primary N) is 3. The zero-order valence-corrected chi connectivity index (χ0v) is 22.8. The number of carboxylic acids is 2. The minimum atomic E-state index is -1.26. The number of hydrogen-bond donors (Lipinski definition) is 8. The van der Waals surface area contributed by atoms with Crippen molar-refractivity contribution >= 4 is 35.6 Å². The first-order chi connectivity index (χ1) is 18.8. The molecule has 11 N–H and O–H groups in total. The Labute approximate surface area is 233 Å². The summed E-state index contributed by atoms with van der Waals surface area (Å²) in [5, 5.41) is 26.2. The van der Waals surface area contributed by atoms with Crippen LogP contribution in [0.4, 0.5) is 0 Å². The van der Waals surface area contributed by atoms with E-state index in [1.165, 1.54) is 0 Å². The second-order valence-electron chi connectivity index (χ2n) is 9.83. The second kappa shape index (κ2) is 17.4. The van der Waals surface area contributed by atoms with E-state index in [1.54, 1.807) is 30.3 Å². The standard InChI is InChI=1S/C26H41N7O7/c1-15(2)13-19(32-22(36)17(27)10-11-21(34)35)24(38)31-18(9-6-12-30-26(28)29)23(37)33-20(25(39)40)14-16-7-4-3-5-8-16/h3-5,7-8,15,17-20H,6,9-14,27H2,1-2H3,(H,31,38)(H,32,36)(H,33,37)(H,34,35)(H,39,40)(H4,28,29,30). The Morgan fingerprint density at radius 2 is 1.43 bits per heavy atom. The summed E-state index contributed by atoms with van der Waals surface area (Å²) in [5.74, 6) is -4.65. The molecule has 1 aromatic carbocycles. The average molecular weight is 564 g/mol. The fourth-order valence-corrected chi connectivity index (χ4v) is 3.76. The lowest BCUT2D eigenvalue weighted by molar-refractivity contribution is -0.142. The van der Waals surface area contributed by atoms with Gasteiger partial charge >= 0.3 is 11.9 Å². The average Bonchev–Trinajstić information content (AvgIpc) is 2.87. The van der Waals surface area contributed by atoms with Gasteiger partial charge in [-0.3, -0.25) is 24.2 Å². The maximum atomic E-state index is 13.2. The maximum Gasteiger partial charge on any atom is 0.326 e. The van der Waals surface area contributed by atoms with Gasteiger partial charge < -0.3 is 43.4 Å². The quantitative estimate of drug-likeness (QED) is 0.0618. The number of carbonyl (C=O) groups is 5. The number of carboxylic acid groups (broad SMARTS) is 2. The first kappa shape index (κ1) is 33.8. The molecule has 0 spiro atoms. The SMILES string of the molecule is CC(C)CC(NC(=O)C(N)CCC(=O)O)C(=O)NC(CCCN=C(N)N)C(=O)NC(Cc1ccccc1)C(=O)O. The number of nitrogens with one attached hydrogen (secondary N) is 3. The smallest absolute Gasteiger partial charge is 0.326 e. The first-order valence-electron chi connectivity index (χ1n) is 13.0. The molecule has 1 aromatic rings. The van der Waals surface area contributed by atoms with Gasteiger partial charge in [0.25, 0.3) is 0 Å². The van der Waals surface area contributed by atoms with E-state index in [0.717, 1.165) is 0 Å². The minimum Gasteiger partial charge on any atom is -0.481 e. The summed E-state index contributed by atoms with van der Waals surface area (Å²) in [6.45, 7) is 3.83. The Balaban J connectivity index is 3.06. The van der Waals surface area contributed by atoms with Gasteiger partial charge in [-0.1, -0.05) is 44.2 Å². The fourth-order valence-electron chi connectivity index (χ4n) is 3.76. The molecule has 0 aliphatic carbocycles. The highest BCUT2D eigenvalue weighted by Gasteiger charge is 2.30. The van der Waals surface area contributed by atoms with Crippen molar-refractivity contribution in [3.63, 3.8) is 0 Å². The van der Waals surface area contributed by atoms with E-state index in [9.17, 15) is 29.1 Å². The van der Waals surface area contributed by atoms with Gasteiger partial charge in [-0.15, -0.1) is 0 Å². The molecule has 4 unspecified atom stereocenters. The van der Waals surface area contributed by atoms with Crippen LogP contribution in [0.1, 0.15) is 51.5 Å². The van der Waals surface area contributed by atoms with Crippen LogP contribution in [-0.2, 0) is 30.4 Å². The highest BCUT2D eigenvalue weighted by molar-refractivity contribution is 5.94. The van der Waals surface area contributed by atoms with Crippen LogP contribution in [0, 0.1) is 5.92 Å². The van der Waals surface area contributed by atoms with Gasteiger partial charge in [0.1, 0.15) is 18.1 Å². The molecule has 0 saturated carbocycles. The molecule has 40 heavy (non-hydrogen) atoms. The molecule has 0 saturated heterocycles. The van der Waals surface area contributed by atoms with Crippen molar-refractivity contribution in [3.05, 3.63) is 35.9 Å². The lowest BCUT2D eigenvalue weighted by Gasteiger charge is -2.26. The van der Waals surface area contributed by atoms with Crippen molar-refractivity contribution in [2.45, 2.75) is 76.5 Å². The highest BCUT2D eigenvalue weighted by atomic mass is 16.4. The van der Waals surface area contributed by atoms with Gasteiger partial charge in [0, 0.05) is 19.4 Å². The molecule has 0 radical (unpaired) electrons. The molecule has 0 aromatic heterocycles. The van der Waals surface area contributed by atoms with Gasteiger partial charge in [0.2, 0.25) is 17.7 Å². The molecule has 222 valence electrons. The Kier molecular flexibility index (Phi) is 14.7. The van der Waals surface area contributed by atoms with E-state index in [4.69, 9.17) is 22.3 Å². The molecule has 0 heterocycles. The van der Waals surface area contributed by atoms with Crippen molar-refractivity contribution in [3.8, 4) is 0 Å². The van der Waals surface area contributed by atoms with E-state index in [1.807, 2.05) is 13.8 Å². The fraction of sp³-hybridized carbons (Fsp3) is 0.538. The Morgan fingerprint density at radius 1 is 0.850 bits per heavy atom.